The summed E-state index contributed by atoms with van der Waals surface area (Å²) in [5.41, 5.74) is 0.792. The molecule has 3 rings (SSSR count). The molecule has 114 valence electrons. The maximum atomic E-state index is 12.1. The van der Waals surface area contributed by atoms with Crippen molar-refractivity contribution in [3.63, 3.8) is 0 Å². The molecule has 0 saturated carbocycles. The Bertz CT molecular complexity index is 666. The summed E-state index contributed by atoms with van der Waals surface area (Å²) in [4.78, 5) is 21.1. The summed E-state index contributed by atoms with van der Waals surface area (Å²) in [6.45, 7) is 6.30. The highest BCUT2D eigenvalue weighted by atomic mass is 16.1. The molecule has 21 heavy (non-hydrogen) atoms. The van der Waals surface area contributed by atoms with Crippen LogP contribution in [-0.2, 0) is 6.42 Å². The highest BCUT2D eigenvalue weighted by molar-refractivity contribution is 5.28. The molecule has 2 aromatic rings. The lowest BCUT2D eigenvalue weighted by molar-refractivity contribution is 0.353. The van der Waals surface area contributed by atoms with Gasteiger partial charge < -0.3 is 5.32 Å². The van der Waals surface area contributed by atoms with Crippen LogP contribution in [0.3, 0.4) is 0 Å². The lowest BCUT2D eigenvalue weighted by atomic mass is 9.92. The van der Waals surface area contributed by atoms with E-state index in [9.17, 15) is 4.79 Å². The van der Waals surface area contributed by atoms with E-state index in [-0.39, 0.29) is 11.5 Å². The summed E-state index contributed by atoms with van der Waals surface area (Å²) < 4.78 is 1.43. The molecule has 6 nitrogen and oxygen atoms in total. The van der Waals surface area contributed by atoms with Crippen molar-refractivity contribution in [1.82, 2.24) is 24.9 Å². The third-order valence-corrected chi connectivity index (χ3v) is 4.22. The zero-order valence-electron chi connectivity index (χ0n) is 12.7. The second-order valence-electron chi connectivity index (χ2n) is 6.22. The van der Waals surface area contributed by atoms with Gasteiger partial charge in [0.15, 0.2) is 0 Å². The first-order chi connectivity index (χ1) is 10.1. The van der Waals surface area contributed by atoms with Crippen molar-refractivity contribution in [1.29, 1.82) is 0 Å². The fraction of sp³-hybridized carbons (Fsp3) is 0.667. The van der Waals surface area contributed by atoms with Crippen LogP contribution in [0.1, 0.15) is 50.5 Å². The number of fused-ring (bicyclic) bond motifs is 1. The molecule has 0 radical (unpaired) electrons. The van der Waals surface area contributed by atoms with Crippen LogP contribution in [0.25, 0.3) is 5.78 Å². The molecule has 0 aromatic carbocycles. The third-order valence-electron chi connectivity index (χ3n) is 4.22. The number of nitrogens with one attached hydrogen (secondary N) is 2. The van der Waals surface area contributed by atoms with Crippen molar-refractivity contribution in [2.75, 3.05) is 13.1 Å². The van der Waals surface area contributed by atoms with Crippen LogP contribution in [0.2, 0.25) is 0 Å². The molecular weight excluding hydrogens is 266 g/mol. The normalized spacial score (nSPS) is 16.9. The van der Waals surface area contributed by atoms with E-state index in [1.807, 2.05) is 13.8 Å². The molecule has 1 aliphatic heterocycles. The monoisotopic (exact) mass is 289 g/mol. The van der Waals surface area contributed by atoms with Gasteiger partial charge in [-0.2, -0.15) is 9.50 Å². The fourth-order valence-corrected chi connectivity index (χ4v) is 2.85. The number of aromatic amines is 1. The molecule has 0 spiro atoms. The van der Waals surface area contributed by atoms with Gasteiger partial charge in [-0.05, 0) is 44.7 Å². The van der Waals surface area contributed by atoms with Crippen LogP contribution in [0, 0.1) is 5.92 Å². The Kier molecular flexibility index (Phi) is 4.05. The molecule has 1 aliphatic rings. The van der Waals surface area contributed by atoms with E-state index in [1.54, 1.807) is 6.07 Å². The standard InChI is InChI=1S/C15H23N5O/c1-10(2)14-18-15-17-12(9-13(21)20(15)19-14)4-3-11-5-7-16-8-6-11/h9-11,16H,3-8H2,1-2H3,(H,17,18,19). The van der Waals surface area contributed by atoms with Gasteiger partial charge in [0, 0.05) is 12.0 Å². The maximum absolute atomic E-state index is 12.1. The van der Waals surface area contributed by atoms with Gasteiger partial charge in [-0.25, -0.2) is 4.98 Å². The number of aryl methyl sites for hydroxylation is 1. The summed E-state index contributed by atoms with van der Waals surface area (Å²) in [5.74, 6) is 2.29. The number of hydrogen-bond donors (Lipinski definition) is 2. The summed E-state index contributed by atoms with van der Waals surface area (Å²) in [5, 5.41) is 6.39. The number of H-pyrrole nitrogens is 1. The first-order valence-corrected chi connectivity index (χ1v) is 7.83. The van der Waals surface area contributed by atoms with Gasteiger partial charge in [-0.3, -0.25) is 9.89 Å². The topological polar surface area (TPSA) is 75.1 Å². The van der Waals surface area contributed by atoms with Crippen molar-refractivity contribution >= 4 is 5.78 Å². The van der Waals surface area contributed by atoms with Crippen molar-refractivity contribution in [2.45, 2.75) is 45.4 Å². The van der Waals surface area contributed by atoms with Crippen molar-refractivity contribution in [3.8, 4) is 0 Å². The Hall–Kier alpha value is -1.69. The zero-order chi connectivity index (χ0) is 14.8. The van der Waals surface area contributed by atoms with Gasteiger partial charge >= 0.3 is 0 Å². The van der Waals surface area contributed by atoms with Gasteiger partial charge in [0.2, 0.25) is 0 Å². The lowest BCUT2D eigenvalue weighted by Crippen LogP contribution is -2.28. The molecule has 6 heteroatoms. The van der Waals surface area contributed by atoms with E-state index in [2.05, 4.69) is 20.4 Å². The van der Waals surface area contributed by atoms with E-state index in [0.717, 1.165) is 43.4 Å². The summed E-state index contributed by atoms with van der Waals surface area (Å²) in [7, 11) is 0. The van der Waals surface area contributed by atoms with E-state index in [4.69, 9.17) is 0 Å². The maximum Gasteiger partial charge on any atom is 0.274 e. The fourth-order valence-electron chi connectivity index (χ4n) is 2.85. The van der Waals surface area contributed by atoms with Crippen LogP contribution in [0.4, 0.5) is 0 Å². The molecule has 1 fully saturated rings. The predicted molar refractivity (Wildman–Crippen MR) is 81.6 cm³/mol. The second-order valence-corrected chi connectivity index (χ2v) is 6.22. The molecule has 0 aliphatic carbocycles. The predicted octanol–water partition coefficient (Wildman–Crippen LogP) is 1.47. The number of piperidine rings is 1. The lowest BCUT2D eigenvalue weighted by Gasteiger charge is -2.22. The van der Waals surface area contributed by atoms with Crippen LogP contribution >= 0.6 is 0 Å². The molecule has 0 bridgehead atoms. The van der Waals surface area contributed by atoms with Gasteiger partial charge in [0.25, 0.3) is 11.3 Å². The first-order valence-electron chi connectivity index (χ1n) is 7.83. The Balaban J connectivity index is 1.77. The average Bonchev–Trinajstić information content (AvgIpc) is 2.91. The Morgan fingerprint density at radius 1 is 1.33 bits per heavy atom. The minimum atomic E-state index is -0.0697. The highest BCUT2D eigenvalue weighted by Crippen LogP contribution is 2.18. The molecule has 3 heterocycles. The van der Waals surface area contributed by atoms with Crippen molar-refractivity contribution in [2.24, 2.45) is 5.92 Å². The van der Waals surface area contributed by atoms with E-state index >= 15 is 0 Å². The second kappa shape index (κ2) is 5.97. The minimum absolute atomic E-state index is 0.0697. The molecule has 2 aromatic heterocycles. The van der Waals surface area contributed by atoms with E-state index in [0.29, 0.717) is 5.78 Å². The first kappa shape index (κ1) is 14.3. The van der Waals surface area contributed by atoms with Gasteiger partial charge in [0.1, 0.15) is 5.82 Å². The van der Waals surface area contributed by atoms with Gasteiger partial charge in [0.05, 0.1) is 5.69 Å². The minimum Gasteiger partial charge on any atom is -0.317 e. The van der Waals surface area contributed by atoms with Crippen LogP contribution in [0.15, 0.2) is 10.9 Å². The third kappa shape index (κ3) is 3.15. The smallest absolute Gasteiger partial charge is 0.274 e. The van der Waals surface area contributed by atoms with Crippen LogP contribution in [-0.4, -0.2) is 32.7 Å². The molecule has 2 N–H and O–H groups in total. The number of aromatic nitrogens is 4. The molecule has 0 unspecified atom stereocenters. The Morgan fingerprint density at radius 3 is 2.81 bits per heavy atom. The number of rotatable bonds is 4. The quantitative estimate of drug-likeness (QED) is 0.894. The molecule has 1 saturated heterocycles. The Morgan fingerprint density at radius 2 is 2.10 bits per heavy atom. The number of nitrogens with zero attached hydrogens (tertiary/aromatic N) is 3. The SMILES string of the molecule is CC(C)c1nc2nc(CCC3CCNCC3)cc(=O)n2[nH]1. The van der Waals surface area contributed by atoms with E-state index in [1.165, 1.54) is 17.4 Å². The van der Waals surface area contributed by atoms with Crippen LogP contribution < -0.4 is 10.9 Å². The average molecular weight is 289 g/mol. The van der Waals surface area contributed by atoms with Crippen LogP contribution in [0.5, 0.6) is 0 Å². The van der Waals surface area contributed by atoms with Gasteiger partial charge in [-0.1, -0.05) is 13.8 Å². The summed E-state index contributed by atoms with van der Waals surface area (Å²) in [6.07, 6.45) is 4.41. The molecular formula is C15H23N5O. The molecule has 0 amide bonds. The zero-order valence-corrected chi connectivity index (χ0v) is 12.7. The largest absolute Gasteiger partial charge is 0.317 e. The van der Waals surface area contributed by atoms with Crippen molar-refractivity contribution < 1.29 is 0 Å². The highest BCUT2D eigenvalue weighted by Gasteiger charge is 2.14. The van der Waals surface area contributed by atoms with Crippen molar-refractivity contribution in [3.05, 3.63) is 27.9 Å². The number of hydrogen-bond acceptors (Lipinski definition) is 4. The Labute approximate surface area is 124 Å². The summed E-state index contributed by atoms with van der Waals surface area (Å²) in [6, 6.07) is 1.64. The van der Waals surface area contributed by atoms with E-state index < -0.39 is 0 Å². The van der Waals surface area contributed by atoms with Gasteiger partial charge in [-0.15, -0.1) is 0 Å². The summed E-state index contributed by atoms with van der Waals surface area (Å²) >= 11 is 0. The molecule has 0 atom stereocenters.